The third-order valence-electron chi connectivity index (χ3n) is 5.81. The molecule has 0 bridgehead atoms. The zero-order valence-electron chi connectivity index (χ0n) is 18.6. The van der Waals surface area contributed by atoms with E-state index in [0.29, 0.717) is 6.54 Å². The van der Waals surface area contributed by atoms with Crippen LogP contribution in [-0.2, 0) is 27.8 Å². The number of rotatable bonds is 10. The summed E-state index contributed by atoms with van der Waals surface area (Å²) in [6.45, 7) is 10.8. The third kappa shape index (κ3) is 5.75. The first-order valence-corrected chi connectivity index (χ1v) is 11.6. The number of unbranched alkanes of at least 4 members (excludes halogenated alkanes) is 1. The van der Waals surface area contributed by atoms with Crippen molar-refractivity contribution in [2.24, 2.45) is 11.8 Å². The molecule has 2 fully saturated rings. The van der Waals surface area contributed by atoms with E-state index < -0.39 is 20.0 Å². The van der Waals surface area contributed by atoms with Crippen molar-refractivity contribution in [1.29, 1.82) is 0 Å². The minimum absolute atomic E-state index is 0.0229. The SMILES string of the molecule is [2H]CC1OC(C)C(C)C1OP(=O)(NCCCC)OCC1OC(C)C(C)C1OC. The van der Waals surface area contributed by atoms with Crippen molar-refractivity contribution in [1.82, 2.24) is 5.09 Å². The van der Waals surface area contributed by atoms with E-state index in [4.69, 9.17) is 24.6 Å². The number of nitrogens with one attached hydrogen (secondary N) is 1. The quantitative estimate of drug-likeness (QED) is 0.436. The minimum atomic E-state index is -3.59. The van der Waals surface area contributed by atoms with Gasteiger partial charge in [0.05, 0.1) is 37.1 Å². The molecule has 8 heteroatoms. The van der Waals surface area contributed by atoms with Gasteiger partial charge in [0, 0.05) is 26.9 Å². The lowest BCUT2D eigenvalue weighted by Crippen LogP contribution is -2.34. The van der Waals surface area contributed by atoms with Crippen LogP contribution in [0.4, 0.5) is 0 Å². The molecule has 2 aliphatic rings. The Morgan fingerprint density at radius 1 is 1.07 bits per heavy atom. The number of hydrogen-bond donors (Lipinski definition) is 1. The maximum absolute atomic E-state index is 13.5. The fourth-order valence-corrected chi connectivity index (χ4v) is 5.32. The molecular weight excluding hydrogens is 369 g/mol. The molecule has 0 radical (unpaired) electrons. The smallest absolute Gasteiger partial charge is 0.378 e. The third-order valence-corrected chi connectivity index (χ3v) is 7.43. The Bertz CT molecular complexity index is 527. The highest BCUT2D eigenvalue weighted by molar-refractivity contribution is 7.51. The van der Waals surface area contributed by atoms with Crippen molar-refractivity contribution in [3.05, 3.63) is 0 Å². The molecule has 0 amide bonds. The average molecular weight is 408 g/mol. The van der Waals surface area contributed by atoms with Gasteiger partial charge in [-0.25, -0.2) is 9.65 Å². The highest BCUT2D eigenvalue weighted by atomic mass is 31.2. The minimum Gasteiger partial charge on any atom is -0.378 e. The van der Waals surface area contributed by atoms with Crippen LogP contribution in [0.15, 0.2) is 0 Å². The van der Waals surface area contributed by atoms with E-state index in [1.807, 2.05) is 20.8 Å². The van der Waals surface area contributed by atoms with Crippen molar-refractivity contribution in [3.8, 4) is 0 Å². The summed E-state index contributed by atoms with van der Waals surface area (Å²) in [5.74, 6) is 0.249. The van der Waals surface area contributed by atoms with Crippen LogP contribution >= 0.6 is 7.75 Å². The van der Waals surface area contributed by atoms with Gasteiger partial charge >= 0.3 is 7.75 Å². The van der Waals surface area contributed by atoms with Crippen molar-refractivity contribution >= 4 is 7.75 Å². The molecular formula is C19H38NO6P. The van der Waals surface area contributed by atoms with Gasteiger partial charge < -0.3 is 14.2 Å². The Morgan fingerprint density at radius 3 is 2.37 bits per heavy atom. The standard InChI is InChI=1S/C19H38NO6P/c1-8-9-10-20-27(21,26-18-12(2)14(4)24-16(18)6)23-11-17-19(22-7)13(3)15(5)25-17/h12-19H,8-11H2,1-7H3,(H,20,21)/i6D. The van der Waals surface area contributed by atoms with Crippen molar-refractivity contribution in [3.63, 3.8) is 0 Å². The Balaban J connectivity index is 2.06. The monoisotopic (exact) mass is 408 g/mol. The molecule has 2 rings (SSSR count). The second kappa shape index (κ2) is 10.1. The maximum Gasteiger partial charge on any atom is 0.405 e. The number of methoxy groups -OCH3 is 1. The largest absolute Gasteiger partial charge is 0.405 e. The predicted octanol–water partition coefficient (Wildman–Crippen LogP) is 3.77. The first-order valence-electron chi connectivity index (χ1n) is 10.8. The zero-order valence-corrected chi connectivity index (χ0v) is 18.4. The van der Waals surface area contributed by atoms with Gasteiger partial charge in [-0.1, -0.05) is 27.2 Å². The highest BCUT2D eigenvalue weighted by Crippen LogP contribution is 2.49. The van der Waals surface area contributed by atoms with Crippen LogP contribution in [0.2, 0.25) is 0 Å². The van der Waals surface area contributed by atoms with Gasteiger partial charge in [0.1, 0.15) is 6.10 Å². The summed E-state index contributed by atoms with van der Waals surface area (Å²) in [6, 6.07) is 0. The average Bonchev–Trinajstić information content (AvgIpc) is 3.10. The normalized spacial score (nSPS) is 42.2. The Labute approximate surface area is 165 Å². The van der Waals surface area contributed by atoms with Gasteiger partial charge in [0.2, 0.25) is 0 Å². The second-order valence-corrected chi connectivity index (χ2v) is 9.58. The van der Waals surface area contributed by atoms with E-state index >= 15 is 0 Å². The van der Waals surface area contributed by atoms with Gasteiger partial charge in [-0.05, 0) is 27.2 Å². The fraction of sp³-hybridized carbons (Fsp3) is 1.00. The van der Waals surface area contributed by atoms with Crippen molar-refractivity contribution in [2.45, 2.75) is 91.0 Å². The Kier molecular flexibility index (Phi) is 8.15. The summed E-state index contributed by atoms with van der Waals surface area (Å²) in [5, 5.41) is 2.98. The topological polar surface area (TPSA) is 75.3 Å². The molecule has 1 N–H and O–H groups in total. The summed E-state index contributed by atoms with van der Waals surface area (Å²) in [4.78, 5) is 0. The van der Waals surface area contributed by atoms with E-state index in [-0.39, 0.29) is 49.8 Å². The van der Waals surface area contributed by atoms with E-state index in [1.165, 1.54) is 0 Å². The molecule has 2 heterocycles. The molecule has 2 aliphatic heterocycles. The molecule has 27 heavy (non-hydrogen) atoms. The molecule has 2 saturated heterocycles. The lowest BCUT2D eigenvalue weighted by molar-refractivity contribution is -0.0322. The zero-order chi connectivity index (χ0) is 20.9. The Morgan fingerprint density at radius 2 is 1.74 bits per heavy atom. The lowest BCUT2D eigenvalue weighted by Gasteiger charge is -2.28. The second-order valence-electron chi connectivity index (χ2n) is 7.80. The van der Waals surface area contributed by atoms with Crippen LogP contribution in [0.5, 0.6) is 0 Å². The van der Waals surface area contributed by atoms with Crippen LogP contribution < -0.4 is 5.09 Å². The molecule has 0 spiro atoms. The molecule has 0 aromatic heterocycles. The van der Waals surface area contributed by atoms with Crippen molar-refractivity contribution < 1.29 is 29.2 Å². The summed E-state index contributed by atoms with van der Waals surface area (Å²) in [7, 11) is -1.93. The summed E-state index contributed by atoms with van der Waals surface area (Å²) >= 11 is 0. The molecule has 0 aliphatic carbocycles. The molecule has 7 nitrogen and oxygen atoms in total. The highest BCUT2D eigenvalue weighted by Gasteiger charge is 2.45. The maximum atomic E-state index is 13.5. The molecule has 0 saturated carbocycles. The van der Waals surface area contributed by atoms with Crippen molar-refractivity contribution in [2.75, 3.05) is 20.3 Å². The van der Waals surface area contributed by atoms with Gasteiger partial charge in [0.25, 0.3) is 0 Å². The van der Waals surface area contributed by atoms with Crippen LogP contribution in [0.3, 0.4) is 0 Å². The molecule has 0 aromatic rings. The van der Waals surface area contributed by atoms with E-state index in [2.05, 4.69) is 18.9 Å². The lowest BCUT2D eigenvalue weighted by atomic mass is 9.99. The van der Waals surface area contributed by atoms with E-state index in [9.17, 15) is 4.57 Å². The van der Waals surface area contributed by atoms with E-state index in [1.54, 1.807) is 7.11 Å². The van der Waals surface area contributed by atoms with Crippen LogP contribution in [0.25, 0.3) is 0 Å². The Hall–Kier alpha value is -0.0100. The first-order chi connectivity index (χ1) is 13.3. The fourth-order valence-electron chi connectivity index (χ4n) is 3.67. The van der Waals surface area contributed by atoms with Crippen LogP contribution in [0, 0.1) is 11.8 Å². The van der Waals surface area contributed by atoms with Gasteiger partial charge in [0.15, 0.2) is 0 Å². The molecule has 160 valence electrons. The summed E-state index contributed by atoms with van der Waals surface area (Å²) < 4.78 is 50.3. The van der Waals surface area contributed by atoms with Gasteiger partial charge in [-0.15, -0.1) is 0 Å². The van der Waals surface area contributed by atoms with Crippen LogP contribution in [0.1, 0.15) is 55.7 Å². The summed E-state index contributed by atoms with van der Waals surface area (Å²) in [5.41, 5.74) is 0. The predicted molar refractivity (Wildman–Crippen MR) is 105 cm³/mol. The molecule has 0 aromatic carbocycles. The molecule has 9 unspecified atom stereocenters. The van der Waals surface area contributed by atoms with Gasteiger partial charge in [-0.2, -0.15) is 0 Å². The molecule has 9 atom stereocenters. The van der Waals surface area contributed by atoms with E-state index in [0.717, 1.165) is 12.8 Å². The number of ether oxygens (including phenoxy) is 3. The summed E-state index contributed by atoms with van der Waals surface area (Å²) in [6.07, 6.45) is 0.537. The van der Waals surface area contributed by atoms with Crippen LogP contribution in [-0.4, -0.2) is 56.9 Å². The van der Waals surface area contributed by atoms with Gasteiger partial charge in [-0.3, -0.25) is 9.05 Å². The first kappa shape index (κ1) is 21.7. The number of hydrogen-bond acceptors (Lipinski definition) is 6.